The molecule has 40 heavy (non-hydrogen) atoms. The highest BCUT2D eigenvalue weighted by Gasteiger charge is 2.32. The Labute approximate surface area is 236 Å². The zero-order chi connectivity index (χ0) is 28.4. The van der Waals surface area contributed by atoms with Gasteiger partial charge in [0.2, 0.25) is 0 Å². The van der Waals surface area contributed by atoms with E-state index in [2.05, 4.69) is 19.9 Å². The molecule has 208 valence electrons. The van der Waals surface area contributed by atoms with Gasteiger partial charge in [0.1, 0.15) is 16.7 Å². The van der Waals surface area contributed by atoms with Crippen LogP contribution in [0.4, 0.5) is 22.4 Å². The molecule has 0 aliphatic carbocycles. The molecule has 0 unspecified atom stereocenters. The fourth-order valence-electron chi connectivity index (χ4n) is 4.75. The molecule has 0 radical (unpaired) electrons. The Kier molecular flexibility index (Phi) is 8.02. The van der Waals surface area contributed by atoms with Gasteiger partial charge in [-0.3, -0.25) is 9.47 Å². The molecular formula is C28H22Cl2F4N4O2. The van der Waals surface area contributed by atoms with Crippen molar-refractivity contribution in [2.75, 3.05) is 13.1 Å². The lowest BCUT2D eigenvalue weighted by atomic mass is 10.0. The van der Waals surface area contributed by atoms with E-state index in [0.29, 0.717) is 53.2 Å². The van der Waals surface area contributed by atoms with Gasteiger partial charge < -0.3 is 10.1 Å². The zero-order valence-electron chi connectivity index (χ0n) is 20.8. The molecule has 1 aliphatic rings. The minimum Gasteiger partial charge on any atom is -0.406 e. The Balaban J connectivity index is 1.42. The summed E-state index contributed by atoms with van der Waals surface area (Å²) in [6.07, 6.45) is 0.613. The lowest BCUT2D eigenvalue weighted by molar-refractivity contribution is -0.274. The number of fused-ring (bicyclic) bond motifs is 3. The van der Waals surface area contributed by atoms with Crippen LogP contribution in [0.25, 0.3) is 17.0 Å². The van der Waals surface area contributed by atoms with Crippen molar-refractivity contribution in [2.24, 2.45) is 0 Å². The number of aromatic nitrogens is 2. The first-order valence-electron chi connectivity index (χ1n) is 12.2. The Bertz CT molecular complexity index is 1600. The summed E-state index contributed by atoms with van der Waals surface area (Å²) in [6, 6.07) is 11.3. The lowest BCUT2D eigenvalue weighted by Crippen LogP contribution is -2.34. The topological polar surface area (TPSA) is 59.4 Å². The van der Waals surface area contributed by atoms with E-state index in [9.17, 15) is 22.4 Å². The largest absolute Gasteiger partial charge is 0.573 e. The number of hydrogen-bond donors (Lipinski definition) is 1. The molecule has 0 fully saturated rings. The Morgan fingerprint density at radius 1 is 1.12 bits per heavy atom. The number of pyridine rings is 1. The number of rotatable bonds is 6. The quantitative estimate of drug-likeness (QED) is 0.190. The number of alkyl halides is 3. The van der Waals surface area contributed by atoms with Crippen molar-refractivity contribution >= 4 is 46.2 Å². The van der Waals surface area contributed by atoms with E-state index in [0.717, 1.165) is 11.1 Å². The smallest absolute Gasteiger partial charge is 0.406 e. The first-order valence-corrected chi connectivity index (χ1v) is 13.0. The summed E-state index contributed by atoms with van der Waals surface area (Å²) in [5.41, 5.74) is 2.96. The van der Waals surface area contributed by atoms with E-state index < -0.39 is 24.0 Å². The maximum atomic E-state index is 14.1. The van der Waals surface area contributed by atoms with E-state index in [1.54, 1.807) is 30.3 Å². The fourth-order valence-corrected chi connectivity index (χ4v) is 5.11. The Morgan fingerprint density at radius 2 is 1.95 bits per heavy atom. The van der Waals surface area contributed by atoms with Crippen molar-refractivity contribution in [3.05, 3.63) is 99.2 Å². The zero-order valence-corrected chi connectivity index (χ0v) is 22.3. The number of carbonyl (C=O) groups is 1. The monoisotopic (exact) mass is 592 g/mol. The van der Waals surface area contributed by atoms with Gasteiger partial charge in [0, 0.05) is 66.5 Å². The minimum atomic E-state index is -4.87. The third-order valence-corrected chi connectivity index (χ3v) is 6.94. The summed E-state index contributed by atoms with van der Waals surface area (Å²) in [6.45, 7) is 1.67. The third-order valence-electron chi connectivity index (χ3n) is 6.49. The van der Waals surface area contributed by atoms with Gasteiger partial charge >= 0.3 is 12.4 Å². The third kappa shape index (κ3) is 6.41. The molecule has 1 amide bonds. The highest BCUT2D eigenvalue weighted by molar-refractivity contribution is 6.30. The van der Waals surface area contributed by atoms with Crippen LogP contribution < -0.4 is 10.1 Å². The molecule has 12 heteroatoms. The molecule has 6 nitrogen and oxygen atoms in total. The van der Waals surface area contributed by atoms with Crippen LogP contribution in [0, 0.1) is 5.82 Å². The fraction of sp³-hybridized carbons (Fsp3) is 0.214. The average Bonchev–Trinajstić information content (AvgIpc) is 3.20. The normalized spacial score (nSPS) is 14.1. The van der Waals surface area contributed by atoms with Gasteiger partial charge in [-0.15, -0.1) is 13.2 Å². The number of nitrogens with one attached hydrogen (secondary N) is 1. The van der Waals surface area contributed by atoms with Gasteiger partial charge in [0.15, 0.2) is 0 Å². The molecule has 0 atom stereocenters. The van der Waals surface area contributed by atoms with Crippen LogP contribution in [-0.4, -0.2) is 39.9 Å². The van der Waals surface area contributed by atoms with E-state index in [1.807, 2.05) is 6.08 Å². The summed E-state index contributed by atoms with van der Waals surface area (Å²) < 4.78 is 58.5. The highest BCUT2D eigenvalue weighted by Crippen LogP contribution is 2.34. The molecular weight excluding hydrogens is 571 g/mol. The first-order chi connectivity index (χ1) is 19.1. The van der Waals surface area contributed by atoms with Gasteiger partial charge in [-0.05, 0) is 47.5 Å². The van der Waals surface area contributed by atoms with Crippen molar-refractivity contribution < 1.29 is 27.1 Å². The van der Waals surface area contributed by atoms with E-state index in [4.69, 9.17) is 23.2 Å². The van der Waals surface area contributed by atoms with Crippen LogP contribution in [0.2, 0.25) is 10.2 Å². The molecule has 2 aromatic heterocycles. The molecule has 3 heterocycles. The number of nitrogens with zero attached hydrogens (tertiary/aromatic N) is 3. The average molecular weight is 593 g/mol. The van der Waals surface area contributed by atoms with Gasteiger partial charge in [-0.2, -0.15) is 0 Å². The molecule has 0 spiro atoms. The summed E-state index contributed by atoms with van der Waals surface area (Å²) in [5, 5.41) is 4.05. The SMILES string of the molecule is O=C(NCc1ccnc(Cl)c1)n1c2c(c3ccc(OC(F)(F)F)cc31)CN(C/C=C/c1ccc(Cl)cc1F)CC2. The molecule has 1 N–H and O–H groups in total. The number of carbonyl (C=O) groups excluding carboxylic acids is 1. The number of benzene rings is 2. The second-order valence-electron chi connectivity index (χ2n) is 9.19. The number of ether oxygens (including phenoxy) is 1. The Hall–Kier alpha value is -3.60. The van der Waals surface area contributed by atoms with Crippen molar-refractivity contribution in [3.63, 3.8) is 0 Å². The van der Waals surface area contributed by atoms with Crippen molar-refractivity contribution in [1.82, 2.24) is 19.8 Å². The standard InChI is InChI=1S/C28H22Cl2F4N4O2/c29-19-4-3-18(23(31)13-19)2-1-10-37-11-8-24-22(16-37)21-6-5-20(40-28(32,33)34)14-25(21)38(24)27(39)36-15-17-7-9-35-26(30)12-17/h1-7,9,12-14H,8,10-11,15-16H2,(H,36,39)/b2-1+. The highest BCUT2D eigenvalue weighted by atomic mass is 35.5. The van der Waals surface area contributed by atoms with Crippen LogP contribution in [0.15, 0.2) is 60.8 Å². The minimum absolute atomic E-state index is 0.145. The molecule has 2 aromatic carbocycles. The maximum Gasteiger partial charge on any atom is 0.573 e. The molecule has 0 saturated carbocycles. The number of amides is 1. The molecule has 1 aliphatic heterocycles. The van der Waals surface area contributed by atoms with Crippen LogP contribution in [-0.2, 0) is 19.5 Å². The molecule has 5 rings (SSSR count). The van der Waals surface area contributed by atoms with E-state index in [-0.39, 0.29) is 11.7 Å². The van der Waals surface area contributed by atoms with Gasteiger partial charge in [0.25, 0.3) is 0 Å². The van der Waals surface area contributed by atoms with Gasteiger partial charge in [-0.25, -0.2) is 14.2 Å². The van der Waals surface area contributed by atoms with Crippen LogP contribution in [0.1, 0.15) is 22.4 Å². The summed E-state index contributed by atoms with van der Waals surface area (Å²) in [4.78, 5) is 19.4. The molecule has 0 saturated heterocycles. The molecule has 4 aromatic rings. The van der Waals surface area contributed by atoms with Crippen molar-refractivity contribution in [3.8, 4) is 5.75 Å². The summed E-state index contributed by atoms with van der Waals surface area (Å²) >= 11 is 11.8. The predicted molar refractivity (Wildman–Crippen MR) is 145 cm³/mol. The van der Waals surface area contributed by atoms with Crippen molar-refractivity contribution in [1.29, 1.82) is 0 Å². The first kappa shape index (κ1) is 27.9. The lowest BCUT2D eigenvalue weighted by Gasteiger charge is -2.27. The molecule has 0 bridgehead atoms. The van der Waals surface area contributed by atoms with Crippen LogP contribution in [0.5, 0.6) is 5.75 Å². The van der Waals surface area contributed by atoms with E-state index >= 15 is 0 Å². The summed E-state index contributed by atoms with van der Waals surface area (Å²) in [7, 11) is 0. The van der Waals surface area contributed by atoms with E-state index in [1.165, 1.54) is 35.0 Å². The summed E-state index contributed by atoms with van der Waals surface area (Å²) in [5.74, 6) is -0.848. The second-order valence-corrected chi connectivity index (χ2v) is 10.0. The second kappa shape index (κ2) is 11.5. The van der Waals surface area contributed by atoms with Crippen LogP contribution in [0.3, 0.4) is 0 Å². The van der Waals surface area contributed by atoms with Crippen LogP contribution >= 0.6 is 23.2 Å². The van der Waals surface area contributed by atoms with Gasteiger partial charge in [-0.1, -0.05) is 41.4 Å². The predicted octanol–water partition coefficient (Wildman–Crippen LogP) is 7.21. The maximum absolute atomic E-state index is 14.1. The van der Waals surface area contributed by atoms with Crippen molar-refractivity contribution in [2.45, 2.75) is 25.9 Å². The number of hydrogen-bond acceptors (Lipinski definition) is 4. The number of halogens is 6. The van der Waals surface area contributed by atoms with Gasteiger partial charge in [0.05, 0.1) is 5.52 Å². The Morgan fingerprint density at radius 3 is 2.70 bits per heavy atom.